The number of aryl methyl sites for hydroxylation is 1. The monoisotopic (exact) mass is 417 g/mol. The first-order valence-electron chi connectivity index (χ1n) is 9.15. The second-order valence-corrected chi connectivity index (χ2v) is 6.95. The first-order valence-corrected chi connectivity index (χ1v) is 9.15. The SMILES string of the molecule is COCC(C)n1c(C)cc(/C=C(\C#N)C(=O)Nc2ccc3c(c2)OC(F)(F)O3)c1C. The molecule has 0 bridgehead atoms. The molecule has 0 saturated carbocycles. The van der Waals surface area contributed by atoms with Crippen molar-refractivity contribution >= 4 is 17.7 Å². The minimum absolute atomic E-state index is 0.0864. The van der Waals surface area contributed by atoms with Gasteiger partial charge in [-0.2, -0.15) is 5.26 Å². The highest BCUT2D eigenvalue weighted by Crippen LogP contribution is 2.42. The van der Waals surface area contributed by atoms with Crippen molar-refractivity contribution in [2.45, 2.75) is 33.1 Å². The summed E-state index contributed by atoms with van der Waals surface area (Å²) in [6, 6.07) is 7.71. The van der Waals surface area contributed by atoms with Crippen molar-refractivity contribution < 1.29 is 27.8 Å². The van der Waals surface area contributed by atoms with Crippen molar-refractivity contribution in [3.8, 4) is 17.6 Å². The van der Waals surface area contributed by atoms with Gasteiger partial charge in [-0.25, -0.2) is 0 Å². The molecule has 0 spiro atoms. The number of hydrogen-bond acceptors (Lipinski definition) is 5. The molecule has 1 aliphatic rings. The summed E-state index contributed by atoms with van der Waals surface area (Å²) in [7, 11) is 1.63. The third-order valence-corrected chi connectivity index (χ3v) is 4.70. The van der Waals surface area contributed by atoms with Crippen molar-refractivity contribution in [3.63, 3.8) is 0 Å². The zero-order valence-electron chi connectivity index (χ0n) is 17.0. The molecular weight excluding hydrogens is 396 g/mol. The molecule has 1 aromatic carbocycles. The van der Waals surface area contributed by atoms with E-state index in [0.29, 0.717) is 6.61 Å². The number of nitriles is 1. The van der Waals surface area contributed by atoms with Crippen LogP contribution < -0.4 is 14.8 Å². The standard InChI is InChI=1S/C21H21F2N3O4/c1-12-7-15(14(3)26(12)13(2)11-28-4)8-16(10-24)20(27)25-17-5-6-18-19(9-17)30-21(22,23)29-18/h5-9,13H,11H2,1-4H3,(H,25,27)/b16-8+. The number of anilines is 1. The fourth-order valence-electron chi connectivity index (χ4n) is 3.47. The third kappa shape index (κ3) is 4.28. The van der Waals surface area contributed by atoms with E-state index in [4.69, 9.17) is 4.74 Å². The molecule has 0 saturated heterocycles. The molecule has 1 atom stereocenters. The Morgan fingerprint density at radius 3 is 2.70 bits per heavy atom. The molecule has 158 valence electrons. The van der Waals surface area contributed by atoms with Gasteiger partial charge in [0.1, 0.15) is 11.6 Å². The van der Waals surface area contributed by atoms with E-state index in [1.807, 2.05) is 32.9 Å². The van der Waals surface area contributed by atoms with Gasteiger partial charge in [-0.1, -0.05) is 0 Å². The molecular formula is C21H21F2N3O4. The number of rotatable bonds is 6. The highest BCUT2D eigenvalue weighted by molar-refractivity contribution is 6.09. The van der Waals surface area contributed by atoms with Crippen LogP contribution in [0.3, 0.4) is 0 Å². The van der Waals surface area contributed by atoms with Crippen LogP contribution in [0.25, 0.3) is 6.08 Å². The fourth-order valence-corrected chi connectivity index (χ4v) is 3.47. The lowest BCUT2D eigenvalue weighted by Gasteiger charge is -2.17. The van der Waals surface area contributed by atoms with Crippen molar-refractivity contribution in [1.82, 2.24) is 4.57 Å². The Morgan fingerprint density at radius 2 is 2.03 bits per heavy atom. The number of benzene rings is 1. The Bertz CT molecular complexity index is 1050. The van der Waals surface area contributed by atoms with E-state index in [2.05, 4.69) is 19.4 Å². The van der Waals surface area contributed by atoms with Crippen molar-refractivity contribution in [2.24, 2.45) is 0 Å². The van der Waals surface area contributed by atoms with E-state index in [9.17, 15) is 18.8 Å². The molecule has 2 heterocycles. The lowest BCUT2D eigenvalue weighted by Crippen LogP contribution is -2.25. The van der Waals surface area contributed by atoms with E-state index >= 15 is 0 Å². The van der Waals surface area contributed by atoms with Crippen LogP contribution in [0.5, 0.6) is 11.5 Å². The molecule has 2 aromatic rings. The Balaban J connectivity index is 1.82. The Kier molecular flexibility index (Phi) is 5.80. The number of fused-ring (bicyclic) bond motifs is 1. The molecule has 1 aromatic heterocycles. The Morgan fingerprint density at radius 1 is 1.33 bits per heavy atom. The third-order valence-electron chi connectivity index (χ3n) is 4.70. The lowest BCUT2D eigenvalue weighted by molar-refractivity contribution is -0.286. The molecule has 1 unspecified atom stereocenters. The quantitative estimate of drug-likeness (QED) is 0.563. The first kappa shape index (κ1) is 21.3. The number of methoxy groups -OCH3 is 1. The number of carbonyl (C=O) groups is 1. The predicted molar refractivity (Wildman–Crippen MR) is 105 cm³/mol. The minimum Gasteiger partial charge on any atom is -0.395 e. The van der Waals surface area contributed by atoms with Gasteiger partial charge in [0.25, 0.3) is 5.91 Å². The maximum absolute atomic E-state index is 13.1. The summed E-state index contributed by atoms with van der Waals surface area (Å²) in [5, 5.41) is 12.0. The van der Waals surface area contributed by atoms with Gasteiger partial charge in [-0.15, -0.1) is 8.78 Å². The van der Waals surface area contributed by atoms with Gasteiger partial charge in [0.05, 0.1) is 12.6 Å². The summed E-state index contributed by atoms with van der Waals surface area (Å²) < 4.78 is 42.3. The van der Waals surface area contributed by atoms with Crippen LogP contribution in [0.4, 0.5) is 14.5 Å². The number of alkyl halides is 2. The van der Waals surface area contributed by atoms with E-state index in [-0.39, 0.29) is 28.8 Å². The second-order valence-electron chi connectivity index (χ2n) is 6.95. The summed E-state index contributed by atoms with van der Waals surface area (Å²) in [5.41, 5.74) is 2.66. The van der Waals surface area contributed by atoms with Crippen LogP contribution in [-0.2, 0) is 9.53 Å². The number of amides is 1. The second kappa shape index (κ2) is 8.16. The lowest BCUT2D eigenvalue weighted by atomic mass is 10.1. The van der Waals surface area contributed by atoms with Crippen molar-refractivity contribution in [2.75, 3.05) is 19.0 Å². The first-order chi connectivity index (χ1) is 14.1. The van der Waals surface area contributed by atoms with Crippen LogP contribution in [0.2, 0.25) is 0 Å². The molecule has 1 amide bonds. The van der Waals surface area contributed by atoms with Crippen LogP contribution in [0, 0.1) is 25.2 Å². The number of aromatic nitrogens is 1. The van der Waals surface area contributed by atoms with Gasteiger partial charge in [0.15, 0.2) is 11.5 Å². The average Bonchev–Trinajstić information content (AvgIpc) is 3.12. The average molecular weight is 417 g/mol. The van der Waals surface area contributed by atoms with E-state index in [1.165, 1.54) is 24.3 Å². The maximum Gasteiger partial charge on any atom is 0.586 e. The molecule has 0 aliphatic carbocycles. The number of ether oxygens (including phenoxy) is 3. The van der Waals surface area contributed by atoms with Crippen molar-refractivity contribution in [3.05, 3.63) is 46.8 Å². The highest BCUT2D eigenvalue weighted by atomic mass is 19.3. The molecule has 0 radical (unpaired) electrons. The maximum atomic E-state index is 13.1. The zero-order chi connectivity index (χ0) is 22.1. The molecule has 7 nitrogen and oxygen atoms in total. The molecule has 30 heavy (non-hydrogen) atoms. The van der Waals surface area contributed by atoms with E-state index in [1.54, 1.807) is 7.11 Å². The topological polar surface area (TPSA) is 85.5 Å². The summed E-state index contributed by atoms with van der Waals surface area (Å²) in [6.07, 6.45) is -2.25. The van der Waals surface area contributed by atoms with E-state index < -0.39 is 12.2 Å². The summed E-state index contributed by atoms with van der Waals surface area (Å²) >= 11 is 0. The fraction of sp³-hybridized carbons (Fsp3) is 0.333. The number of nitrogens with one attached hydrogen (secondary N) is 1. The summed E-state index contributed by atoms with van der Waals surface area (Å²) in [4.78, 5) is 12.6. The minimum atomic E-state index is -3.74. The molecule has 0 fully saturated rings. The van der Waals surface area contributed by atoms with Gasteiger partial charge in [-0.05, 0) is 50.6 Å². The van der Waals surface area contributed by atoms with Gasteiger partial charge < -0.3 is 24.1 Å². The smallest absolute Gasteiger partial charge is 0.395 e. The zero-order valence-corrected chi connectivity index (χ0v) is 17.0. The number of halogens is 2. The normalized spacial score (nSPS) is 15.6. The van der Waals surface area contributed by atoms with Gasteiger partial charge in [-0.3, -0.25) is 4.79 Å². The highest BCUT2D eigenvalue weighted by Gasteiger charge is 2.43. The predicted octanol–water partition coefficient (Wildman–Crippen LogP) is 4.18. The summed E-state index contributed by atoms with van der Waals surface area (Å²) in [6.45, 7) is 6.37. The number of hydrogen-bond donors (Lipinski definition) is 1. The number of nitrogens with zero attached hydrogens (tertiary/aromatic N) is 2. The van der Waals surface area contributed by atoms with Gasteiger partial charge in [0.2, 0.25) is 0 Å². The van der Waals surface area contributed by atoms with E-state index in [0.717, 1.165) is 17.0 Å². The van der Waals surface area contributed by atoms with Crippen LogP contribution in [0.1, 0.15) is 29.9 Å². The molecule has 1 aliphatic heterocycles. The summed E-state index contributed by atoms with van der Waals surface area (Å²) in [5.74, 6) is -1.000. The Labute approximate surface area is 172 Å². The van der Waals surface area contributed by atoms with Crippen molar-refractivity contribution in [1.29, 1.82) is 5.26 Å². The van der Waals surface area contributed by atoms with Gasteiger partial charge >= 0.3 is 6.29 Å². The molecule has 3 rings (SSSR count). The van der Waals surface area contributed by atoms with Gasteiger partial charge in [0, 0.05) is 30.3 Å². The van der Waals surface area contributed by atoms with Crippen LogP contribution in [0.15, 0.2) is 29.8 Å². The number of carbonyl (C=O) groups excluding carboxylic acids is 1. The largest absolute Gasteiger partial charge is 0.586 e. The molecule has 1 N–H and O–H groups in total. The van der Waals surface area contributed by atoms with Crippen LogP contribution >= 0.6 is 0 Å². The Hall–Kier alpha value is -3.38. The molecule has 9 heteroatoms. The van der Waals surface area contributed by atoms with Crippen LogP contribution in [-0.4, -0.2) is 30.5 Å².